The first-order valence-corrected chi connectivity index (χ1v) is 5.90. The summed E-state index contributed by atoms with van der Waals surface area (Å²) in [5.74, 6) is 0.797. The van der Waals surface area contributed by atoms with Crippen LogP contribution in [-0.4, -0.2) is 16.4 Å². The molecule has 2 aromatic rings. The van der Waals surface area contributed by atoms with Gasteiger partial charge in [0.2, 0.25) is 0 Å². The first kappa shape index (κ1) is 12.2. The average Bonchev–Trinajstić information content (AvgIpc) is 2.81. The molecule has 0 unspecified atom stereocenters. The predicted molar refractivity (Wildman–Crippen MR) is 68.2 cm³/mol. The summed E-state index contributed by atoms with van der Waals surface area (Å²) in [6.45, 7) is 3.52. The second-order valence-corrected chi connectivity index (χ2v) is 4.12. The number of hydrogen-bond acceptors (Lipinski definition) is 3. The van der Waals surface area contributed by atoms with Gasteiger partial charge in [-0.1, -0.05) is 0 Å². The molecule has 1 heterocycles. The summed E-state index contributed by atoms with van der Waals surface area (Å²) in [6, 6.07) is 9.22. The van der Waals surface area contributed by atoms with Crippen molar-refractivity contribution in [1.82, 2.24) is 9.78 Å². The van der Waals surface area contributed by atoms with E-state index in [2.05, 4.69) is 11.2 Å². The van der Waals surface area contributed by atoms with Crippen LogP contribution in [0.1, 0.15) is 17.5 Å². The van der Waals surface area contributed by atoms with Crippen molar-refractivity contribution in [3.05, 3.63) is 47.8 Å². The summed E-state index contributed by atoms with van der Waals surface area (Å²) in [6.07, 6.45) is 4.77. The third-order valence-corrected chi connectivity index (χ3v) is 2.55. The number of rotatable bonds is 5. The lowest BCUT2D eigenvalue weighted by Gasteiger charge is -2.06. The van der Waals surface area contributed by atoms with Crippen molar-refractivity contribution in [3.8, 4) is 11.8 Å². The van der Waals surface area contributed by atoms with E-state index in [1.165, 1.54) is 5.56 Å². The maximum atomic E-state index is 8.67. The smallest absolute Gasteiger partial charge is 0.119 e. The molecule has 1 aromatic carbocycles. The Morgan fingerprint density at radius 1 is 1.33 bits per heavy atom. The monoisotopic (exact) mass is 241 g/mol. The average molecular weight is 241 g/mol. The van der Waals surface area contributed by atoms with Gasteiger partial charge in [-0.2, -0.15) is 10.4 Å². The number of aromatic nitrogens is 2. The van der Waals surface area contributed by atoms with Gasteiger partial charge in [-0.15, -0.1) is 0 Å². The van der Waals surface area contributed by atoms with Crippen molar-refractivity contribution in [3.63, 3.8) is 0 Å². The lowest BCUT2D eigenvalue weighted by Crippen LogP contribution is -2.04. The SMILES string of the molecule is Cc1cnn(CCCOc2ccc(C#N)cc2)c1. The number of hydrogen-bond donors (Lipinski definition) is 0. The number of aryl methyl sites for hydroxylation is 2. The first-order valence-electron chi connectivity index (χ1n) is 5.90. The summed E-state index contributed by atoms with van der Waals surface area (Å²) in [7, 11) is 0. The molecule has 0 aliphatic rings. The van der Waals surface area contributed by atoms with Crippen molar-refractivity contribution in [1.29, 1.82) is 5.26 Å². The molecule has 0 spiro atoms. The molecule has 4 nitrogen and oxygen atoms in total. The Morgan fingerprint density at radius 3 is 2.72 bits per heavy atom. The lowest BCUT2D eigenvalue weighted by molar-refractivity contribution is 0.298. The van der Waals surface area contributed by atoms with Gasteiger partial charge in [0.25, 0.3) is 0 Å². The molecule has 1 aromatic heterocycles. The Hall–Kier alpha value is -2.28. The molecule has 0 saturated carbocycles. The molecule has 0 atom stereocenters. The fourth-order valence-corrected chi connectivity index (χ4v) is 1.63. The highest BCUT2D eigenvalue weighted by molar-refractivity contribution is 5.34. The molecule has 4 heteroatoms. The molecule has 0 N–H and O–H groups in total. The van der Waals surface area contributed by atoms with Crippen LogP contribution in [0.2, 0.25) is 0 Å². The van der Waals surface area contributed by atoms with Gasteiger partial charge in [-0.05, 0) is 36.8 Å². The van der Waals surface area contributed by atoms with Gasteiger partial charge >= 0.3 is 0 Å². The summed E-state index contributed by atoms with van der Waals surface area (Å²) in [5.41, 5.74) is 1.82. The normalized spacial score (nSPS) is 10.0. The maximum Gasteiger partial charge on any atom is 0.119 e. The van der Waals surface area contributed by atoms with Crippen LogP contribution in [0.25, 0.3) is 0 Å². The van der Waals surface area contributed by atoms with E-state index in [-0.39, 0.29) is 0 Å². The highest BCUT2D eigenvalue weighted by Gasteiger charge is 1.96. The number of nitriles is 1. The Morgan fingerprint density at radius 2 is 2.11 bits per heavy atom. The van der Waals surface area contributed by atoms with Crippen LogP contribution in [0, 0.1) is 18.3 Å². The van der Waals surface area contributed by atoms with Gasteiger partial charge in [0.05, 0.1) is 24.4 Å². The number of ether oxygens (including phenoxy) is 1. The van der Waals surface area contributed by atoms with E-state index < -0.39 is 0 Å². The van der Waals surface area contributed by atoms with Crippen LogP contribution < -0.4 is 4.74 Å². The van der Waals surface area contributed by atoms with Gasteiger partial charge in [-0.3, -0.25) is 4.68 Å². The fraction of sp³-hybridized carbons (Fsp3) is 0.286. The summed E-state index contributed by atoms with van der Waals surface area (Å²) in [4.78, 5) is 0. The van der Waals surface area contributed by atoms with E-state index in [0.29, 0.717) is 12.2 Å². The molecule has 0 amide bonds. The zero-order valence-electron chi connectivity index (χ0n) is 10.3. The summed E-state index contributed by atoms with van der Waals surface area (Å²) >= 11 is 0. The Kier molecular flexibility index (Phi) is 3.98. The highest BCUT2D eigenvalue weighted by atomic mass is 16.5. The third kappa shape index (κ3) is 3.36. The minimum atomic E-state index is 0.644. The number of benzene rings is 1. The van der Waals surface area contributed by atoms with Crippen molar-refractivity contribution in [2.24, 2.45) is 0 Å². The van der Waals surface area contributed by atoms with Gasteiger partial charge in [0.15, 0.2) is 0 Å². The van der Waals surface area contributed by atoms with Gasteiger partial charge < -0.3 is 4.74 Å². The molecule has 0 aliphatic carbocycles. The van der Waals surface area contributed by atoms with Gasteiger partial charge in [0, 0.05) is 19.2 Å². The van der Waals surface area contributed by atoms with Gasteiger partial charge in [-0.25, -0.2) is 0 Å². The standard InChI is InChI=1S/C14H15N3O/c1-12-10-16-17(11-12)7-2-8-18-14-5-3-13(9-15)4-6-14/h3-6,10-11H,2,7-8H2,1H3. The molecule has 0 aliphatic heterocycles. The van der Waals surface area contributed by atoms with Crippen LogP contribution in [0.5, 0.6) is 5.75 Å². The van der Waals surface area contributed by atoms with Crippen LogP contribution in [0.15, 0.2) is 36.7 Å². The third-order valence-electron chi connectivity index (χ3n) is 2.55. The zero-order chi connectivity index (χ0) is 12.8. The second kappa shape index (κ2) is 5.87. The Balaban J connectivity index is 1.73. The minimum Gasteiger partial charge on any atom is -0.494 e. The quantitative estimate of drug-likeness (QED) is 0.756. The van der Waals surface area contributed by atoms with E-state index in [9.17, 15) is 0 Å². The van der Waals surface area contributed by atoms with Crippen molar-refractivity contribution in [2.75, 3.05) is 6.61 Å². The molecular formula is C14H15N3O. The number of nitrogens with zero attached hydrogens (tertiary/aromatic N) is 3. The van der Waals surface area contributed by atoms with E-state index in [1.54, 1.807) is 12.1 Å². The van der Waals surface area contributed by atoms with Crippen LogP contribution in [-0.2, 0) is 6.54 Å². The highest BCUT2D eigenvalue weighted by Crippen LogP contribution is 2.11. The largest absolute Gasteiger partial charge is 0.494 e. The van der Waals surface area contributed by atoms with Crippen LogP contribution in [0.4, 0.5) is 0 Å². The predicted octanol–water partition coefficient (Wildman–Crippen LogP) is 2.53. The Labute approximate surface area is 106 Å². The first-order chi connectivity index (χ1) is 8.78. The van der Waals surface area contributed by atoms with Gasteiger partial charge in [0.1, 0.15) is 5.75 Å². The Bertz CT molecular complexity index is 537. The van der Waals surface area contributed by atoms with Crippen LogP contribution in [0.3, 0.4) is 0 Å². The van der Waals surface area contributed by atoms with Crippen molar-refractivity contribution >= 4 is 0 Å². The molecule has 2 rings (SSSR count). The van der Waals surface area contributed by atoms with Crippen LogP contribution >= 0.6 is 0 Å². The molecule has 0 radical (unpaired) electrons. The maximum absolute atomic E-state index is 8.67. The topological polar surface area (TPSA) is 50.8 Å². The van der Waals surface area contributed by atoms with E-state index in [1.807, 2.05) is 36.1 Å². The summed E-state index contributed by atoms with van der Waals surface area (Å²) in [5, 5.41) is 12.9. The molecule has 0 fully saturated rings. The zero-order valence-corrected chi connectivity index (χ0v) is 10.3. The van der Waals surface area contributed by atoms with Crippen molar-refractivity contribution < 1.29 is 4.74 Å². The molecule has 0 saturated heterocycles. The molecule has 18 heavy (non-hydrogen) atoms. The van der Waals surface area contributed by atoms with E-state index in [4.69, 9.17) is 10.00 Å². The lowest BCUT2D eigenvalue weighted by atomic mass is 10.2. The van der Waals surface area contributed by atoms with E-state index in [0.717, 1.165) is 18.7 Å². The summed E-state index contributed by atoms with van der Waals surface area (Å²) < 4.78 is 7.50. The van der Waals surface area contributed by atoms with Crippen molar-refractivity contribution in [2.45, 2.75) is 19.9 Å². The molecule has 0 bridgehead atoms. The molecule has 92 valence electrons. The van der Waals surface area contributed by atoms with E-state index >= 15 is 0 Å². The minimum absolute atomic E-state index is 0.644. The second-order valence-electron chi connectivity index (χ2n) is 4.12. The fourth-order valence-electron chi connectivity index (χ4n) is 1.63. The molecular weight excluding hydrogens is 226 g/mol.